The molecule has 1 aliphatic carbocycles. The second-order valence-electron chi connectivity index (χ2n) is 4.63. The van der Waals surface area contributed by atoms with Crippen molar-refractivity contribution >= 4 is 23.7 Å². The second kappa shape index (κ2) is 3.01. The van der Waals surface area contributed by atoms with E-state index in [2.05, 4.69) is 17.1 Å². The highest BCUT2D eigenvalue weighted by atomic mass is 32.2. The lowest BCUT2D eigenvalue weighted by Crippen LogP contribution is -2.39. The Balaban J connectivity index is 1.81. The first-order chi connectivity index (χ1) is 8.28. The van der Waals surface area contributed by atoms with Crippen LogP contribution < -0.4 is 0 Å². The third-order valence-corrected chi connectivity index (χ3v) is 4.41. The van der Waals surface area contributed by atoms with Crippen LogP contribution in [0.5, 0.6) is 0 Å². The van der Waals surface area contributed by atoms with Gasteiger partial charge >= 0.3 is 0 Å². The average molecular weight is 242 g/mol. The first-order valence-corrected chi connectivity index (χ1v) is 6.47. The third kappa shape index (κ3) is 1.13. The molecule has 0 atom stereocenters. The number of benzene rings is 1. The maximum atomic E-state index is 12.4. The molecule has 2 heterocycles. The van der Waals surface area contributed by atoms with Crippen molar-refractivity contribution < 1.29 is 4.79 Å². The van der Waals surface area contributed by atoms with Crippen LogP contribution in [0, 0.1) is 0 Å². The summed E-state index contributed by atoms with van der Waals surface area (Å²) in [5.41, 5.74) is 1.98. The van der Waals surface area contributed by atoms with E-state index in [0.717, 1.165) is 18.7 Å². The fraction of sp³-hybridized carbons (Fsp3) is 0.231. The normalized spacial score (nSPS) is 23.2. The van der Waals surface area contributed by atoms with E-state index in [1.54, 1.807) is 4.31 Å². The Bertz CT molecular complexity index is 566. The van der Waals surface area contributed by atoms with Crippen LogP contribution in [0.25, 0.3) is 0 Å². The molecule has 0 saturated heterocycles. The molecule has 0 bridgehead atoms. The Morgan fingerprint density at radius 1 is 1.24 bits per heavy atom. The predicted octanol–water partition coefficient (Wildman–Crippen LogP) is 1.94. The van der Waals surface area contributed by atoms with Crippen molar-refractivity contribution in [2.24, 2.45) is 4.99 Å². The summed E-state index contributed by atoms with van der Waals surface area (Å²) in [4.78, 5) is 17.1. The molecule has 1 spiro atoms. The van der Waals surface area contributed by atoms with Crippen molar-refractivity contribution in [3.05, 3.63) is 46.9 Å². The topological polar surface area (TPSA) is 32.7 Å². The van der Waals surface area contributed by atoms with Crippen LogP contribution >= 0.6 is 11.9 Å². The van der Waals surface area contributed by atoms with Crippen molar-refractivity contribution in [2.45, 2.75) is 18.4 Å². The molecule has 0 unspecified atom stereocenters. The molecule has 0 aromatic heterocycles. The van der Waals surface area contributed by atoms with E-state index in [9.17, 15) is 4.79 Å². The molecule has 1 aromatic carbocycles. The number of fused-ring (bicyclic) bond motifs is 2. The van der Waals surface area contributed by atoms with E-state index in [4.69, 9.17) is 0 Å². The molecule has 3 aliphatic rings. The summed E-state index contributed by atoms with van der Waals surface area (Å²) in [6.45, 7) is 0. The quantitative estimate of drug-likeness (QED) is 0.651. The highest BCUT2D eigenvalue weighted by molar-refractivity contribution is 8.01. The molecule has 84 valence electrons. The smallest absolute Gasteiger partial charge is 0.267 e. The van der Waals surface area contributed by atoms with E-state index >= 15 is 0 Å². The predicted molar refractivity (Wildman–Crippen MR) is 67.6 cm³/mol. The second-order valence-corrected chi connectivity index (χ2v) is 5.48. The molecule has 4 rings (SSSR count). The van der Waals surface area contributed by atoms with Gasteiger partial charge in [0.15, 0.2) is 5.54 Å². The molecule has 0 saturated carbocycles. The maximum absolute atomic E-state index is 12.4. The van der Waals surface area contributed by atoms with Crippen molar-refractivity contribution in [1.29, 1.82) is 0 Å². The molecule has 2 aliphatic heterocycles. The van der Waals surface area contributed by atoms with Gasteiger partial charge in [-0.2, -0.15) is 0 Å². The minimum absolute atomic E-state index is 0.138. The van der Waals surface area contributed by atoms with Crippen LogP contribution in [0.3, 0.4) is 0 Å². The zero-order chi connectivity index (χ0) is 11.5. The highest BCUT2D eigenvalue weighted by Gasteiger charge is 2.52. The van der Waals surface area contributed by atoms with Gasteiger partial charge in [-0.15, -0.1) is 0 Å². The number of hydrogen-bond acceptors (Lipinski definition) is 3. The van der Waals surface area contributed by atoms with Gasteiger partial charge in [-0.05, 0) is 34.6 Å². The molecule has 0 N–H and O–H groups in total. The molecular weight excluding hydrogens is 232 g/mol. The molecule has 1 amide bonds. The molecule has 0 fully saturated rings. The Kier molecular flexibility index (Phi) is 1.68. The lowest BCUT2D eigenvalue weighted by atomic mass is 9.97. The van der Waals surface area contributed by atoms with Gasteiger partial charge in [-0.3, -0.25) is 4.79 Å². The average Bonchev–Trinajstić information content (AvgIpc) is 2.97. The van der Waals surface area contributed by atoms with Gasteiger partial charge in [0.25, 0.3) is 5.91 Å². The Hall–Kier alpha value is -1.55. The summed E-state index contributed by atoms with van der Waals surface area (Å²) in [6.07, 6.45) is 3.41. The molecule has 1 aromatic rings. The number of nitrogens with zero attached hydrogens (tertiary/aromatic N) is 2. The van der Waals surface area contributed by atoms with Crippen molar-refractivity contribution in [3.8, 4) is 0 Å². The molecule has 0 radical (unpaired) electrons. The van der Waals surface area contributed by atoms with Crippen LogP contribution in [0.1, 0.15) is 11.1 Å². The largest absolute Gasteiger partial charge is 0.271 e. The van der Waals surface area contributed by atoms with Crippen molar-refractivity contribution in [2.75, 3.05) is 0 Å². The fourth-order valence-electron chi connectivity index (χ4n) is 2.79. The third-order valence-electron chi connectivity index (χ3n) is 3.59. The number of carbonyl (C=O) groups is 1. The van der Waals surface area contributed by atoms with Gasteiger partial charge in [0.2, 0.25) is 0 Å². The van der Waals surface area contributed by atoms with E-state index in [1.165, 1.54) is 23.1 Å². The maximum Gasteiger partial charge on any atom is 0.267 e. The van der Waals surface area contributed by atoms with Crippen LogP contribution in [-0.4, -0.2) is 21.6 Å². The number of aliphatic imine (C=N–C) groups is 1. The molecule has 4 heteroatoms. The zero-order valence-electron chi connectivity index (χ0n) is 9.09. The first kappa shape index (κ1) is 9.48. The van der Waals surface area contributed by atoms with Gasteiger partial charge in [0, 0.05) is 12.8 Å². The SMILES string of the molecule is O=C1N2SC=CC2=NC12Cc1ccccc1C2. The molecule has 3 nitrogen and oxygen atoms in total. The summed E-state index contributed by atoms with van der Waals surface area (Å²) < 4.78 is 1.71. The number of amides is 1. The van der Waals surface area contributed by atoms with Crippen LogP contribution in [0.4, 0.5) is 0 Å². The highest BCUT2D eigenvalue weighted by Crippen LogP contribution is 2.41. The summed E-state index contributed by atoms with van der Waals surface area (Å²) in [7, 11) is 0. The summed E-state index contributed by atoms with van der Waals surface area (Å²) in [5, 5.41) is 1.91. The minimum atomic E-state index is -0.545. The lowest BCUT2D eigenvalue weighted by molar-refractivity contribution is -0.127. The number of amidine groups is 1. The van der Waals surface area contributed by atoms with Crippen LogP contribution in [0.2, 0.25) is 0 Å². The summed E-state index contributed by atoms with van der Waals surface area (Å²) in [6, 6.07) is 8.26. The van der Waals surface area contributed by atoms with Gasteiger partial charge in [-0.25, -0.2) is 9.30 Å². The fourth-order valence-corrected chi connectivity index (χ4v) is 3.57. The molecule has 17 heavy (non-hydrogen) atoms. The van der Waals surface area contributed by atoms with Gasteiger partial charge in [0.05, 0.1) is 0 Å². The Morgan fingerprint density at radius 2 is 1.94 bits per heavy atom. The van der Waals surface area contributed by atoms with E-state index in [1.807, 2.05) is 23.6 Å². The van der Waals surface area contributed by atoms with Crippen molar-refractivity contribution in [1.82, 2.24) is 4.31 Å². The standard InChI is InChI=1S/C13H10N2OS/c16-12-13(14-11-5-6-17-15(11)12)7-9-3-1-2-4-10(9)8-13/h1-6H,7-8H2. The van der Waals surface area contributed by atoms with E-state index in [-0.39, 0.29) is 5.91 Å². The van der Waals surface area contributed by atoms with Gasteiger partial charge < -0.3 is 0 Å². The number of rotatable bonds is 0. The number of hydrogen-bond donors (Lipinski definition) is 0. The Morgan fingerprint density at radius 3 is 2.59 bits per heavy atom. The lowest BCUT2D eigenvalue weighted by Gasteiger charge is -2.18. The number of carbonyl (C=O) groups excluding carboxylic acids is 1. The zero-order valence-corrected chi connectivity index (χ0v) is 9.91. The van der Waals surface area contributed by atoms with Crippen LogP contribution in [0.15, 0.2) is 40.7 Å². The van der Waals surface area contributed by atoms with Gasteiger partial charge in [0.1, 0.15) is 5.84 Å². The minimum Gasteiger partial charge on any atom is -0.271 e. The van der Waals surface area contributed by atoms with Gasteiger partial charge in [-0.1, -0.05) is 24.3 Å². The molecular formula is C13H10N2OS. The van der Waals surface area contributed by atoms with E-state index < -0.39 is 5.54 Å². The summed E-state index contributed by atoms with van der Waals surface area (Å²) >= 11 is 1.43. The summed E-state index contributed by atoms with van der Waals surface area (Å²) in [5.74, 6) is 0.950. The first-order valence-electron chi connectivity index (χ1n) is 5.63. The van der Waals surface area contributed by atoms with Crippen molar-refractivity contribution in [3.63, 3.8) is 0 Å². The van der Waals surface area contributed by atoms with Crippen LogP contribution in [-0.2, 0) is 17.6 Å². The monoisotopic (exact) mass is 242 g/mol. The Labute approximate surface area is 103 Å². The van der Waals surface area contributed by atoms with E-state index in [0.29, 0.717) is 0 Å².